The average molecular weight is 291 g/mol. The highest BCUT2D eigenvalue weighted by Gasteiger charge is 2.35. The van der Waals surface area contributed by atoms with E-state index in [0.717, 1.165) is 24.6 Å². The Bertz CT molecular complexity index is 428. The average Bonchev–Trinajstić information content (AvgIpc) is 2.36. The lowest BCUT2D eigenvalue weighted by molar-refractivity contribution is -0.138. The molecular weight excluding hydrogens is 270 g/mol. The van der Waals surface area contributed by atoms with Crippen molar-refractivity contribution in [2.24, 2.45) is 5.92 Å². The zero-order chi connectivity index (χ0) is 15.3. The van der Waals surface area contributed by atoms with E-state index in [1.807, 2.05) is 20.8 Å². The van der Waals surface area contributed by atoms with E-state index in [-0.39, 0.29) is 11.5 Å². The molecule has 1 N–H and O–H groups in total. The van der Waals surface area contributed by atoms with Crippen molar-refractivity contribution in [2.45, 2.75) is 45.8 Å². The van der Waals surface area contributed by atoms with Gasteiger partial charge in [0.1, 0.15) is 5.82 Å². The van der Waals surface area contributed by atoms with Crippen molar-refractivity contribution >= 4 is 0 Å². The molecule has 5 heteroatoms. The van der Waals surface area contributed by atoms with E-state index in [1.54, 1.807) is 0 Å². The molecule has 0 heterocycles. The quantitative estimate of drug-likeness (QED) is 0.733. The molecule has 0 aromatic heterocycles. The minimum Gasteiger partial charge on any atom is -0.310 e. The van der Waals surface area contributed by atoms with E-state index < -0.39 is 23.6 Å². The minimum atomic E-state index is -4.47. The lowest BCUT2D eigenvalue weighted by atomic mass is 9.91. The number of hydrogen-bond acceptors (Lipinski definition) is 1. The summed E-state index contributed by atoms with van der Waals surface area (Å²) in [5.74, 6) is -0.372. The van der Waals surface area contributed by atoms with E-state index in [9.17, 15) is 17.6 Å². The van der Waals surface area contributed by atoms with Crippen molar-refractivity contribution in [1.82, 2.24) is 5.32 Å². The Labute approximate surface area is 117 Å². The van der Waals surface area contributed by atoms with Crippen LogP contribution in [0, 0.1) is 11.7 Å². The molecule has 0 spiro atoms. The third-order valence-corrected chi connectivity index (χ3v) is 3.48. The molecule has 1 aromatic rings. The van der Waals surface area contributed by atoms with Crippen LogP contribution in [-0.4, -0.2) is 6.54 Å². The Hall–Kier alpha value is -1.10. The highest BCUT2D eigenvalue weighted by molar-refractivity contribution is 5.33. The fraction of sp³-hybridized carbons (Fsp3) is 0.600. The predicted octanol–water partition coefficient (Wildman–Crippen LogP) is 4.93. The smallest absolute Gasteiger partial charge is 0.310 e. The maximum atomic E-state index is 13.4. The van der Waals surface area contributed by atoms with E-state index in [0.29, 0.717) is 13.0 Å². The second-order valence-corrected chi connectivity index (χ2v) is 5.09. The number of halogens is 4. The van der Waals surface area contributed by atoms with Crippen molar-refractivity contribution in [2.75, 3.05) is 6.54 Å². The Morgan fingerprint density at radius 3 is 2.35 bits per heavy atom. The van der Waals surface area contributed by atoms with Gasteiger partial charge in [0.15, 0.2) is 0 Å². The van der Waals surface area contributed by atoms with Gasteiger partial charge in [0.2, 0.25) is 0 Å². The zero-order valence-electron chi connectivity index (χ0n) is 12.0. The van der Waals surface area contributed by atoms with Crippen LogP contribution >= 0.6 is 0 Å². The monoisotopic (exact) mass is 291 g/mol. The van der Waals surface area contributed by atoms with Crippen LogP contribution in [0.5, 0.6) is 0 Å². The largest absolute Gasteiger partial charge is 0.416 e. The van der Waals surface area contributed by atoms with Crippen molar-refractivity contribution in [3.63, 3.8) is 0 Å². The Morgan fingerprint density at radius 2 is 1.85 bits per heavy atom. The van der Waals surface area contributed by atoms with E-state index in [1.165, 1.54) is 0 Å². The molecule has 20 heavy (non-hydrogen) atoms. The zero-order valence-corrected chi connectivity index (χ0v) is 12.0. The van der Waals surface area contributed by atoms with Crippen LogP contribution in [-0.2, 0) is 6.18 Å². The molecule has 0 saturated heterocycles. The lowest BCUT2D eigenvalue weighted by Gasteiger charge is -2.25. The summed E-state index contributed by atoms with van der Waals surface area (Å²) in [6.45, 7) is 6.34. The highest BCUT2D eigenvalue weighted by Crippen LogP contribution is 2.37. The van der Waals surface area contributed by atoms with Crippen molar-refractivity contribution < 1.29 is 17.6 Å². The van der Waals surface area contributed by atoms with Gasteiger partial charge >= 0.3 is 6.18 Å². The van der Waals surface area contributed by atoms with Crippen LogP contribution in [0.25, 0.3) is 0 Å². The Balaban J connectivity index is 3.20. The van der Waals surface area contributed by atoms with Gasteiger partial charge in [-0.3, -0.25) is 0 Å². The molecule has 114 valence electrons. The van der Waals surface area contributed by atoms with Crippen molar-refractivity contribution in [1.29, 1.82) is 0 Å². The van der Waals surface area contributed by atoms with Gasteiger partial charge in [0, 0.05) is 6.04 Å². The second-order valence-electron chi connectivity index (χ2n) is 5.09. The van der Waals surface area contributed by atoms with Crippen LogP contribution in [0.3, 0.4) is 0 Å². The summed E-state index contributed by atoms with van der Waals surface area (Å²) >= 11 is 0. The van der Waals surface area contributed by atoms with Crippen LogP contribution in [0.1, 0.15) is 50.8 Å². The first-order valence-electron chi connectivity index (χ1n) is 6.89. The maximum absolute atomic E-state index is 13.4. The summed E-state index contributed by atoms with van der Waals surface area (Å²) in [4.78, 5) is 0. The molecule has 0 bridgehead atoms. The number of nitrogens with one attached hydrogen (secondary N) is 1. The minimum absolute atomic E-state index is 0.000324. The standard InChI is InChI=1S/C15H21F4N/c1-4-10(3)8-14(20-5-2)12-9-11(16)6-7-13(12)15(17,18)19/h6-7,9-10,14,20H,4-5,8H2,1-3H3. The fourth-order valence-corrected chi connectivity index (χ4v) is 2.22. The molecule has 1 aromatic carbocycles. The predicted molar refractivity (Wildman–Crippen MR) is 71.9 cm³/mol. The molecule has 0 aliphatic heterocycles. The number of rotatable bonds is 6. The lowest BCUT2D eigenvalue weighted by Crippen LogP contribution is -2.26. The highest BCUT2D eigenvalue weighted by atomic mass is 19.4. The summed E-state index contributed by atoms with van der Waals surface area (Å²) < 4.78 is 52.5. The topological polar surface area (TPSA) is 12.0 Å². The van der Waals surface area contributed by atoms with Gasteiger partial charge in [-0.2, -0.15) is 13.2 Å². The first-order chi connectivity index (χ1) is 9.29. The summed E-state index contributed by atoms with van der Waals surface area (Å²) in [5, 5.41) is 3.04. The molecular formula is C15H21F4N. The van der Waals surface area contributed by atoms with Crippen LogP contribution in [0.2, 0.25) is 0 Å². The van der Waals surface area contributed by atoms with Crippen LogP contribution in [0.15, 0.2) is 18.2 Å². The van der Waals surface area contributed by atoms with Gasteiger partial charge in [-0.15, -0.1) is 0 Å². The van der Waals surface area contributed by atoms with E-state index >= 15 is 0 Å². The molecule has 0 aliphatic rings. The van der Waals surface area contributed by atoms with Crippen LogP contribution < -0.4 is 5.32 Å². The second kappa shape index (κ2) is 7.07. The van der Waals surface area contributed by atoms with Crippen molar-refractivity contribution in [3.8, 4) is 0 Å². The van der Waals surface area contributed by atoms with Crippen molar-refractivity contribution in [3.05, 3.63) is 35.1 Å². The first kappa shape index (κ1) is 17.0. The molecule has 2 unspecified atom stereocenters. The number of benzene rings is 1. The van der Waals surface area contributed by atoms with Gasteiger partial charge < -0.3 is 5.32 Å². The molecule has 0 aliphatic carbocycles. The summed E-state index contributed by atoms with van der Waals surface area (Å²) in [7, 11) is 0. The maximum Gasteiger partial charge on any atom is 0.416 e. The number of hydrogen-bond donors (Lipinski definition) is 1. The van der Waals surface area contributed by atoms with Gasteiger partial charge in [0.05, 0.1) is 5.56 Å². The summed E-state index contributed by atoms with van der Waals surface area (Å²) in [6.07, 6.45) is -3.04. The van der Waals surface area contributed by atoms with Gasteiger partial charge in [-0.25, -0.2) is 4.39 Å². The fourth-order valence-electron chi connectivity index (χ4n) is 2.22. The van der Waals surface area contributed by atoms with Crippen LogP contribution in [0.4, 0.5) is 17.6 Å². The Morgan fingerprint density at radius 1 is 1.20 bits per heavy atom. The third-order valence-electron chi connectivity index (χ3n) is 3.48. The third kappa shape index (κ3) is 4.47. The number of alkyl halides is 3. The molecule has 0 radical (unpaired) electrons. The molecule has 0 saturated carbocycles. The van der Waals surface area contributed by atoms with Gasteiger partial charge in [0.25, 0.3) is 0 Å². The molecule has 0 amide bonds. The SMILES string of the molecule is CCNC(CC(C)CC)c1cc(F)ccc1C(F)(F)F. The molecule has 1 nitrogen and oxygen atoms in total. The molecule has 1 rings (SSSR count). The summed E-state index contributed by atoms with van der Waals surface area (Å²) in [6, 6.07) is 2.20. The van der Waals surface area contributed by atoms with Gasteiger partial charge in [-0.1, -0.05) is 27.2 Å². The first-order valence-corrected chi connectivity index (χ1v) is 6.89. The van der Waals surface area contributed by atoms with E-state index in [2.05, 4.69) is 5.32 Å². The molecule has 2 atom stereocenters. The normalized spacial score (nSPS) is 15.2. The van der Waals surface area contributed by atoms with E-state index in [4.69, 9.17) is 0 Å². The molecule has 0 fully saturated rings. The Kier molecular flexibility index (Phi) is 5.99. The van der Waals surface area contributed by atoms with Gasteiger partial charge in [-0.05, 0) is 42.6 Å². The summed E-state index contributed by atoms with van der Waals surface area (Å²) in [5.41, 5.74) is -0.757.